The summed E-state index contributed by atoms with van der Waals surface area (Å²) in [7, 11) is 0. The standard InChI is InChI=1S/C24H26F2O2/c1-2-3-14-4-6-15(7-5-14)17-10-11-18-19-12-13-20(27-16-8-9-16)22(26)24(19)28-23(18)21(17)25/h10-16H,2-9H2,1H3. The zero-order chi connectivity index (χ0) is 19.3. The normalized spacial score (nSPS) is 22.8. The maximum atomic E-state index is 15.3. The Kier molecular flexibility index (Phi) is 4.53. The van der Waals surface area contributed by atoms with E-state index in [1.54, 1.807) is 12.1 Å². The zero-order valence-corrected chi connectivity index (χ0v) is 16.3. The Hall–Kier alpha value is -2.10. The molecule has 0 atom stereocenters. The summed E-state index contributed by atoms with van der Waals surface area (Å²) in [6.07, 6.45) is 8.84. The highest BCUT2D eigenvalue weighted by Gasteiger charge is 2.28. The predicted molar refractivity (Wildman–Crippen MR) is 107 cm³/mol. The highest BCUT2D eigenvalue weighted by molar-refractivity contribution is 6.05. The van der Waals surface area contributed by atoms with Gasteiger partial charge in [-0.05, 0) is 74.1 Å². The lowest BCUT2D eigenvalue weighted by Crippen LogP contribution is -2.14. The predicted octanol–water partition coefficient (Wildman–Crippen LogP) is 7.48. The van der Waals surface area contributed by atoms with E-state index in [4.69, 9.17) is 9.15 Å². The van der Waals surface area contributed by atoms with E-state index in [1.165, 1.54) is 12.8 Å². The average Bonchev–Trinajstić information content (AvgIpc) is 3.44. The van der Waals surface area contributed by atoms with Gasteiger partial charge in [-0.25, -0.2) is 4.39 Å². The first kappa shape index (κ1) is 18.0. The summed E-state index contributed by atoms with van der Waals surface area (Å²) in [5, 5.41) is 1.24. The molecule has 2 nitrogen and oxygen atoms in total. The highest BCUT2D eigenvalue weighted by Crippen LogP contribution is 2.42. The topological polar surface area (TPSA) is 22.4 Å². The van der Waals surface area contributed by atoms with Crippen LogP contribution in [0.15, 0.2) is 28.7 Å². The second kappa shape index (κ2) is 7.06. The summed E-state index contributed by atoms with van der Waals surface area (Å²) >= 11 is 0. The van der Waals surface area contributed by atoms with Gasteiger partial charge >= 0.3 is 0 Å². The molecule has 2 aliphatic carbocycles. The Balaban J connectivity index is 1.50. The Labute approximate surface area is 163 Å². The molecule has 0 aliphatic heterocycles. The molecule has 0 amide bonds. The van der Waals surface area contributed by atoms with Crippen LogP contribution in [0.25, 0.3) is 21.9 Å². The monoisotopic (exact) mass is 384 g/mol. The molecule has 3 aromatic rings. The molecule has 2 aromatic carbocycles. The van der Waals surface area contributed by atoms with Crippen molar-refractivity contribution >= 4 is 21.9 Å². The number of benzene rings is 2. The second-order valence-electron chi connectivity index (χ2n) is 8.53. The molecule has 28 heavy (non-hydrogen) atoms. The summed E-state index contributed by atoms with van der Waals surface area (Å²) < 4.78 is 41.5. The third-order valence-electron chi connectivity index (χ3n) is 6.48. The number of ether oxygens (including phenoxy) is 1. The molecule has 0 spiro atoms. The van der Waals surface area contributed by atoms with Crippen molar-refractivity contribution in [2.45, 2.75) is 70.3 Å². The van der Waals surface area contributed by atoms with Gasteiger partial charge in [0.2, 0.25) is 5.82 Å². The van der Waals surface area contributed by atoms with Gasteiger partial charge in [0, 0.05) is 10.8 Å². The van der Waals surface area contributed by atoms with E-state index in [1.807, 2.05) is 12.1 Å². The van der Waals surface area contributed by atoms with Gasteiger partial charge in [0.15, 0.2) is 22.7 Å². The number of furan rings is 1. The maximum absolute atomic E-state index is 15.3. The van der Waals surface area contributed by atoms with Crippen LogP contribution in [0.2, 0.25) is 0 Å². The molecule has 0 N–H and O–H groups in total. The van der Waals surface area contributed by atoms with Gasteiger partial charge in [-0.3, -0.25) is 0 Å². The minimum absolute atomic E-state index is 0.0934. The molecule has 148 valence electrons. The molecule has 1 aromatic heterocycles. The SMILES string of the molecule is CCCC1CCC(c2ccc3c(oc4c(F)c(OC5CC5)ccc43)c2F)CC1. The van der Waals surface area contributed by atoms with Crippen molar-refractivity contribution in [1.82, 2.24) is 0 Å². The van der Waals surface area contributed by atoms with Gasteiger partial charge in [0.25, 0.3) is 0 Å². The molecule has 2 aliphatic rings. The van der Waals surface area contributed by atoms with Crippen LogP contribution in [0.3, 0.4) is 0 Å². The van der Waals surface area contributed by atoms with Crippen molar-refractivity contribution in [3.63, 3.8) is 0 Å². The summed E-state index contributed by atoms with van der Waals surface area (Å²) in [6.45, 7) is 2.22. The van der Waals surface area contributed by atoms with E-state index >= 15 is 4.39 Å². The highest BCUT2D eigenvalue weighted by atomic mass is 19.1. The lowest BCUT2D eigenvalue weighted by atomic mass is 9.77. The molecule has 0 bridgehead atoms. The smallest absolute Gasteiger partial charge is 0.208 e. The number of halogens is 2. The Morgan fingerprint density at radius 2 is 1.57 bits per heavy atom. The van der Waals surface area contributed by atoms with Gasteiger partial charge in [0.1, 0.15) is 0 Å². The number of rotatable bonds is 5. The Morgan fingerprint density at radius 3 is 2.25 bits per heavy atom. The van der Waals surface area contributed by atoms with Crippen molar-refractivity contribution in [3.8, 4) is 5.75 Å². The summed E-state index contributed by atoms with van der Waals surface area (Å²) in [5.74, 6) is 0.352. The van der Waals surface area contributed by atoms with Crippen LogP contribution in [0.1, 0.15) is 69.8 Å². The van der Waals surface area contributed by atoms with Crippen molar-refractivity contribution < 1.29 is 17.9 Å². The quantitative estimate of drug-likeness (QED) is 0.455. The van der Waals surface area contributed by atoms with Gasteiger partial charge in [-0.2, -0.15) is 4.39 Å². The lowest BCUT2D eigenvalue weighted by Gasteiger charge is -2.28. The van der Waals surface area contributed by atoms with E-state index in [9.17, 15) is 4.39 Å². The third-order valence-corrected chi connectivity index (χ3v) is 6.48. The van der Waals surface area contributed by atoms with E-state index in [2.05, 4.69) is 6.92 Å². The second-order valence-corrected chi connectivity index (χ2v) is 8.53. The summed E-state index contributed by atoms with van der Waals surface area (Å²) in [5.41, 5.74) is 0.984. The van der Waals surface area contributed by atoms with Crippen molar-refractivity contribution in [2.24, 2.45) is 5.92 Å². The molecular formula is C24H26F2O2. The molecule has 4 heteroatoms. The Morgan fingerprint density at radius 1 is 0.893 bits per heavy atom. The van der Waals surface area contributed by atoms with Crippen LogP contribution in [-0.2, 0) is 0 Å². The van der Waals surface area contributed by atoms with Gasteiger partial charge in [0.05, 0.1) is 6.10 Å². The molecule has 0 saturated heterocycles. The molecule has 5 rings (SSSR count). The summed E-state index contributed by atoms with van der Waals surface area (Å²) in [6, 6.07) is 7.17. The molecule has 0 radical (unpaired) electrons. The van der Waals surface area contributed by atoms with E-state index in [0.29, 0.717) is 10.8 Å². The minimum Gasteiger partial charge on any atom is -0.487 e. The average molecular weight is 384 g/mol. The molecule has 2 saturated carbocycles. The van der Waals surface area contributed by atoms with Crippen LogP contribution in [-0.4, -0.2) is 6.10 Å². The van der Waals surface area contributed by atoms with Crippen molar-refractivity contribution in [1.29, 1.82) is 0 Å². The number of hydrogen-bond donors (Lipinski definition) is 0. The molecule has 2 fully saturated rings. The van der Waals surface area contributed by atoms with Crippen LogP contribution in [0, 0.1) is 17.6 Å². The van der Waals surface area contributed by atoms with Crippen LogP contribution in [0.4, 0.5) is 8.78 Å². The maximum Gasteiger partial charge on any atom is 0.208 e. The van der Waals surface area contributed by atoms with Gasteiger partial charge < -0.3 is 9.15 Å². The van der Waals surface area contributed by atoms with Crippen LogP contribution in [0.5, 0.6) is 5.75 Å². The van der Waals surface area contributed by atoms with E-state index < -0.39 is 5.82 Å². The van der Waals surface area contributed by atoms with Crippen molar-refractivity contribution in [3.05, 3.63) is 41.5 Å². The van der Waals surface area contributed by atoms with Crippen LogP contribution >= 0.6 is 0 Å². The largest absolute Gasteiger partial charge is 0.487 e. The Bertz CT molecular complexity index is 1010. The van der Waals surface area contributed by atoms with E-state index in [0.717, 1.165) is 50.0 Å². The number of fused-ring (bicyclic) bond motifs is 3. The lowest BCUT2D eigenvalue weighted by molar-refractivity contribution is 0.287. The van der Waals surface area contributed by atoms with Gasteiger partial charge in [-0.15, -0.1) is 0 Å². The number of hydrogen-bond acceptors (Lipinski definition) is 2. The van der Waals surface area contributed by atoms with Gasteiger partial charge in [-0.1, -0.05) is 25.8 Å². The fraction of sp³-hybridized carbons (Fsp3) is 0.500. The van der Waals surface area contributed by atoms with Crippen LogP contribution < -0.4 is 4.74 Å². The zero-order valence-electron chi connectivity index (χ0n) is 16.3. The molecule has 0 unspecified atom stereocenters. The molecule has 1 heterocycles. The molecular weight excluding hydrogens is 358 g/mol. The first-order chi connectivity index (χ1) is 13.7. The minimum atomic E-state index is -0.526. The van der Waals surface area contributed by atoms with Crippen molar-refractivity contribution in [2.75, 3.05) is 0 Å². The summed E-state index contributed by atoms with van der Waals surface area (Å²) in [4.78, 5) is 0. The fourth-order valence-electron chi connectivity index (χ4n) is 4.78. The van der Waals surface area contributed by atoms with E-state index in [-0.39, 0.29) is 34.8 Å². The third kappa shape index (κ3) is 3.07. The first-order valence-corrected chi connectivity index (χ1v) is 10.7. The first-order valence-electron chi connectivity index (χ1n) is 10.7. The fourth-order valence-corrected chi connectivity index (χ4v) is 4.78.